The molecule has 0 aliphatic heterocycles. The van der Waals surface area contributed by atoms with Crippen LogP contribution in [0.1, 0.15) is 0 Å². The number of fused-ring (bicyclic) bond motifs is 4. The lowest BCUT2D eigenvalue weighted by atomic mass is 10.0. The number of nitrogens with zero attached hydrogens (tertiary/aromatic N) is 4. The van der Waals surface area contributed by atoms with E-state index in [2.05, 4.69) is 395 Å². The summed E-state index contributed by atoms with van der Waals surface area (Å²) < 4.78 is 4.92. The van der Waals surface area contributed by atoms with Gasteiger partial charge in [0.05, 0.1) is 33.8 Å². The van der Waals surface area contributed by atoms with Gasteiger partial charge in [0.1, 0.15) is 0 Å². The summed E-state index contributed by atoms with van der Waals surface area (Å²) in [5.74, 6) is 0. The zero-order chi connectivity index (χ0) is 62.3. The second-order valence-electron chi connectivity index (χ2n) is 24.1. The molecule has 0 bridgehead atoms. The molecular formula is C90H62N4. The van der Waals surface area contributed by atoms with Crippen molar-refractivity contribution in [2.24, 2.45) is 0 Å². The lowest BCUT2D eigenvalue weighted by Crippen LogP contribution is -2.10. The first-order valence-electron chi connectivity index (χ1n) is 32.2. The molecule has 0 radical (unpaired) electrons. The number of anilines is 6. The van der Waals surface area contributed by atoms with Crippen LogP contribution in [0.15, 0.2) is 376 Å². The molecule has 0 saturated carbocycles. The van der Waals surface area contributed by atoms with Gasteiger partial charge in [-0.2, -0.15) is 0 Å². The van der Waals surface area contributed by atoms with Gasteiger partial charge in [-0.05, 0) is 176 Å². The smallest absolute Gasteiger partial charge is 0.0542 e. The minimum Gasteiger partial charge on any atom is -0.310 e. The van der Waals surface area contributed by atoms with E-state index in [1.165, 1.54) is 66.1 Å². The quantitative estimate of drug-likeness (QED) is 0.108. The van der Waals surface area contributed by atoms with E-state index in [9.17, 15) is 0 Å². The lowest BCUT2D eigenvalue weighted by molar-refractivity contribution is 1.13. The summed E-state index contributed by atoms with van der Waals surface area (Å²) in [5.41, 5.74) is 24.8. The molecule has 0 saturated heterocycles. The molecule has 4 nitrogen and oxygen atoms in total. The highest BCUT2D eigenvalue weighted by atomic mass is 15.2. The number of hydrogen-bond donors (Lipinski definition) is 0. The van der Waals surface area contributed by atoms with Gasteiger partial charge in [-0.15, -0.1) is 0 Å². The van der Waals surface area contributed by atoms with E-state index in [1.807, 2.05) is 0 Å². The predicted molar refractivity (Wildman–Crippen MR) is 397 cm³/mol. The molecule has 0 unspecified atom stereocenters. The third-order valence-electron chi connectivity index (χ3n) is 18.5. The molecule has 0 spiro atoms. The minimum atomic E-state index is 1.06. The molecule has 2 aromatic heterocycles. The average Bonchev–Trinajstić information content (AvgIpc) is 1.57. The summed E-state index contributed by atoms with van der Waals surface area (Å²) in [6.07, 6.45) is 0. The molecule has 17 aromatic rings. The second kappa shape index (κ2) is 24.0. The number of rotatable bonds is 14. The second-order valence-corrected chi connectivity index (χ2v) is 24.1. The monoisotopic (exact) mass is 1200 g/mol. The summed E-state index contributed by atoms with van der Waals surface area (Å²) in [6, 6.07) is 137. The number of hydrogen-bond acceptors (Lipinski definition) is 2. The van der Waals surface area contributed by atoms with Gasteiger partial charge in [-0.3, -0.25) is 0 Å². The van der Waals surface area contributed by atoms with Crippen molar-refractivity contribution in [1.29, 1.82) is 0 Å². The van der Waals surface area contributed by atoms with Crippen molar-refractivity contribution in [3.8, 4) is 78.4 Å². The molecule has 15 aromatic carbocycles. The van der Waals surface area contributed by atoms with Crippen molar-refractivity contribution in [3.05, 3.63) is 376 Å². The third-order valence-corrected chi connectivity index (χ3v) is 18.5. The van der Waals surface area contributed by atoms with Crippen LogP contribution in [0, 0.1) is 0 Å². The lowest BCUT2D eigenvalue weighted by Gasteiger charge is -2.27. The van der Waals surface area contributed by atoms with Crippen molar-refractivity contribution in [2.75, 3.05) is 9.80 Å². The van der Waals surface area contributed by atoms with Crippen LogP contribution in [0.25, 0.3) is 122 Å². The van der Waals surface area contributed by atoms with E-state index >= 15 is 0 Å². The normalized spacial score (nSPS) is 11.4. The van der Waals surface area contributed by atoms with Crippen molar-refractivity contribution in [2.45, 2.75) is 0 Å². The van der Waals surface area contributed by atoms with Crippen LogP contribution in [0.3, 0.4) is 0 Å². The summed E-state index contributed by atoms with van der Waals surface area (Å²) in [5, 5.41) is 7.03. The van der Waals surface area contributed by atoms with Gasteiger partial charge < -0.3 is 18.9 Å². The largest absolute Gasteiger partial charge is 0.310 e. The van der Waals surface area contributed by atoms with Crippen molar-refractivity contribution in [3.63, 3.8) is 0 Å². The highest BCUT2D eigenvalue weighted by Crippen LogP contribution is 2.45. The van der Waals surface area contributed by atoms with E-state index in [0.717, 1.165) is 89.8 Å². The van der Waals surface area contributed by atoms with Crippen LogP contribution < -0.4 is 9.80 Å². The molecule has 0 aliphatic carbocycles. The Labute approximate surface area is 547 Å². The SMILES string of the molecule is c1ccc(-c2ccc(-c3cc4cc5c(cc(-c6ccc(-c7ccccc7)cc6)n5-c5ccc(N(c6ccc(-c7ccccc7)cc6)c6cccc7ccccc67)cc5)cc4n3-c3ccc(N(c4ccc(-c5ccccc5)cc4)c4cccc5ccccc45)cc3)cc2)cc1. The average molecular weight is 1200 g/mol. The number of benzene rings is 15. The molecule has 0 amide bonds. The standard InChI is InChI=1S/C90H62N4/c1-5-19-63(20-6-1)67-35-39-73(40-36-67)87-59-75-61-90-76(62-89(75)93(87)81-55-51-79(52-56-81)91(85-33-17-29-71-27-13-15-31-83(71)85)77-47-43-69(44-48-77)65-23-9-3-10-24-65)60-88(74-41-37-68(38-42-74)64-21-7-2-8-22-64)94(90)82-57-53-80(54-58-82)92(86-34-18-30-72-28-14-16-32-84(72)86)78-49-45-70(46-50-78)66-25-11-4-12-26-66/h1-62H. The third kappa shape index (κ3) is 10.4. The van der Waals surface area contributed by atoms with Gasteiger partial charge in [0.15, 0.2) is 0 Å². The first kappa shape index (κ1) is 55.6. The summed E-state index contributed by atoms with van der Waals surface area (Å²) in [7, 11) is 0. The maximum atomic E-state index is 2.46. The van der Waals surface area contributed by atoms with Gasteiger partial charge >= 0.3 is 0 Å². The van der Waals surface area contributed by atoms with Crippen LogP contribution in [0.5, 0.6) is 0 Å². The molecule has 0 fully saturated rings. The molecule has 0 atom stereocenters. The fourth-order valence-electron chi connectivity index (χ4n) is 13.8. The van der Waals surface area contributed by atoms with Gasteiger partial charge in [0.25, 0.3) is 0 Å². The van der Waals surface area contributed by atoms with Gasteiger partial charge in [0, 0.05) is 55.7 Å². The van der Waals surface area contributed by atoms with E-state index in [1.54, 1.807) is 0 Å². The first-order valence-corrected chi connectivity index (χ1v) is 32.2. The van der Waals surface area contributed by atoms with Crippen LogP contribution in [0.2, 0.25) is 0 Å². The van der Waals surface area contributed by atoms with Crippen molar-refractivity contribution >= 4 is 77.5 Å². The van der Waals surface area contributed by atoms with Crippen LogP contribution in [0.4, 0.5) is 34.1 Å². The molecule has 17 rings (SSSR count). The molecule has 0 N–H and O–H groups in total. The van der Waals surface area contributed by atoms with Crippen LogP contribution >= 0.6 is 0 Å². The molecular weight excluding hydrogens is 1140 g/mol. The molecule has 0 aliphatic rings. The Morgan fingerprint density at radius 1 is 0.181 bits per heavy atom. The van der Waals surface area contributed by atoms with Gasteiger partial charge in [-0.1, -0.05) is 267 Å². The Kier molecular flexibility index (Phi) is 14.2. The van der Waals surface area contributed by atoms with Crippen molar-refractivity contribution < 1.29 is 0 Å². The van der Waals surface area contributed by atoms with E-state index in [-0.39, 0.29) is 0 Å². The summed E-state index contributed by atoms with van der Waals surface area (Å²) >= 11 is 0. The van der Waals surface area contributed by atoms with Crippen LogP contribution in [-0.4, -0.2) is 9.13 Å². The minimum absolute atomic E-state index is 1.06. The molecule has 4 heteroatoms. The fourth-order valence-corrected chi connectivity index (χ4v) is 13.8. The Hall–Kier alpha value is -12.5. The Morgan fingerprint density at radius 2 is 0.436 bits per heavy atom. The Bertz CT molecular complexity index is 5170. The molecule has 2 heterocycles. The zero-order valence-corrected chi connectivity index (χ0v) is 51.6. The van der Waals surface area contributed by atoms with Crippen molar-refractivity contribution in [1.82, 2.24) is 9.13 Å². The highest BCUT2D eigenvalue weighted by molar-refractivity contribution is 6.04. The van der Waals surface area contributed by atoms with Gasteiger partial charge in [0.2, 0.25) is 0 Å². The molecule has 442 valence electrons. The summed E-state index contributed by atoms with van der Waals surface area (Å²) in [4.78, 5) is 4.80. The van der Waals surface area contributed by atoms with E-state index in [0.29, 0.717) is 0 Å². The highest BCUT2D eigenvalue weighted by Gasteiger charge is 2.23. The first-order chi connectivity index (χ1) is 46.6. The Morgan fingerprint density at radius 3 is 0.766 bits per heavy atom. The zero-order valence-electron chi connectivity index (χ0n) is 51.6. The maximum absolute atomic E-state index is 2.46. The van der Waals surface area contributed by atoms with E-state index in [4.69, 9.17) is 0 Å². The molecule has 94 heavy (non-hydrogen) atoms. The topological polar surface area (TPSA) is 16.3 Å². The maximum Gasteiger partial charge on any atom is 0.0542 e. The number of aromatic nitrogens is 2. The fraction of sp³-hybridized carbons (Fsp3) is 0. The summed E-state index contributed by atoms with van der Waals surface area (Å²) in [6.45, 7) is 0. The van der Waals surface area contributed by atoms with Gasteiger partial charge in [-0.25, -0.2) is 0 Å². The van der Waals surface area contributed by atoms with Crippen LogP contribution in [-0.2, 0) is 0 Å². The predicted octanol–water partition coefficient (Wildman–Crippen LogP) is 24.8. The Balaban J connectivity index is 0.825. The van der Waals surface area contributed by atoms with E-state index < -0.39 is 0 Å².